The Morgan fingerprint density at radius 1 is 1.39 bits per heavy atom. The average Bonchev–Trinajstić information content (AvgIpc) is 2.30. The maximum absolute atomic E-state index is 11.8. The lowest BCUT2D eigenvalue weighted by Crippen LogP contribution is -2.30. The van der Waals surface area contributed by atoms with Gasteiger partial charge in [0.05, 0.1) is 18.0 Å². The van der Waals surface area contributed by atoms with E-state index in [4.69, 9.17) is 9.47 Å². The molecule has 1 rings (SSSR count). The van der Waals surface area contributed by atoms with Gasteiger partial charge in [-0.3, -0.25) is 4.79 Å². The van der Waals surface area contributed by atoms with Crippen molar-refractivity contribution < 1.29 is 14.3 Å². The van der Waals surface area contributed by atoms with Crippen LogP contribution in [-0.4, -0.2) is 23.9 Å². The average molecular weight is 316 g/mol. The Morgan fingerprint density at radius 3 is 2.56 bits per heavy atom. The molecule has 1 N–H and O–H groups in total. The van der Waals surface area contributed by atoms with E-state index in [1.807, 2.05) is 6.92 Å². The van der Waals surface area contributed by atoms with Crippen molar-refractivity contribution >= 4 is 27.5 Å². The van der Waals surface area contributed by atoms with Gasteiger partial charge < -0.3 is 14.8 Å². The van der Waals surface area contributed by atoms with Gasteiger partial charge in [0.2, 0.25) is 5.91 Å². The topological polar surface area (TPSA) is 47.6 Å². The van der Waals surface area contributed by atoms with Crippen LogP contribution in [0.1, 0.15) is 20.8 Å². The summed E-state index contributed by atoms with van der Waals surface area (Å²) < 4.78 is 10.0. The quantitative estimate of drug-likeness (QED) is 0.849. The number of carbonyl (C=O) groups excluding carboxylic acids is 1. The smallest absolute Gasteiger partial charge is 0.240 e. The second kappa shape index (κ2) is 6.09. The molecule has 5 heteroatoms. The third kappa shape index (κ3) is 3.91. The van der Waals surface area contributed by atoms with E-state index in [0.717, 1.165) is 0 Å². The van der Waals surface area contributed by atoms with Gasteiger partial charge in [-0.1, -0.05) is 15.9 Å². The molecule has 100 valence electrons. The second-order valence-electron chi connectivity index (χ2n) is 4.23. The lowest BCUT2D eigenvalue weighted by atomic mass is 10.2. The molecular weight excluding hydrogens is 298 g/mol. The fourth-order valence-corrected chi connectivity index (χ4v) is 1.40. The Labute approximate surface area is 116 Å². The summed E-state index contributed by atoms with van der Waals surface area (Å²) >= 11 is 3.31. The van der Waals surface area contributed by atoms with Crippen LogP contribution >= 0.6 is 15.9 Å². The molecule has 0 bridgehead atoms. The lowest BCUT2D eigenvalue weighted by molar-refractivity contribution is -0.117. The van der Waals surface area contributed by atoms with E-state index in [1.165, 1.54) is 0 Å². The molecule has 0 fully saturated rings. The number of alkyl halides is 1. The molecule has 0 saturated carbocycles. The van der Waals surface area contributed by atoms with Gasteiger partial charge in [-0.05, 0) is 32.9 Å². The van der Waals surface area contributed by atoms with Crippen molar-refractivity contribution in [2.75, 3.05) is 19.0 Å². The highest BCUT2D eigenvalue weighted by Crippen LogP contribution is 2.30. The minimum absolute atomic E-state index is 0.117. The number of nitrogens with one attached hydrogen (secondary N) is 1. The molecular formula is C13H18BrNO3. The summed E-state index contributed by atoms with van der Waals surface area (Å²) in [5.74, 6) is 1.15. The zero-order valence-corrected chi connectivity index (χ0v) is 12.6. The number of benzene rings is 1. The van der Waals surface area contributed by atoms with E-state index < -0.39 is 4.32 Å². The Bertz CT molecular complexity index is 427. The van der Waals surface area contributed by atoms with E-state index in [0.29, 0.717) is 23.8 Å². The molecule has 0 spiro atoms. The molecule has 1 amide bonds. The first-order chi connectivity index (χ1) is 8.38. The van der Waals surface area contributed by atoms with Gasteiger partial charge in [0, 0.05) is 11.8 Å². The van der Waals surface area contributed by atoms with E-state index in [2.05, 4.69) is 21.2 Å². The van der Waals surface area contributed by atoms with Crippen molar-refractivity contribution in [3.63, 3.8) is 0 Å². The summed E-state index contributed by atoms with van der Waals surface area (Å²) in [6, 6.07) is 5.30. The number of carbonyl (C=O) groups is 1. The summed E-state index contributed by atoms with van der Waals surface area (Å²) in [6.07, 6.45) is 0. The normalized spacial score (nSPS) is 10.9. The van der Waals surface area contributed by atoms with E-state index in [1.54, 1.807) is 39.2 Å². The Hall–Kier alpha value is -1.23. The van der Waals surface area contributed by atoms with Crippen LogP contribution < -0.4 is 14.8 Å². The van der Waals surface area contributed by atoms with Crippen molar-refractivity contribution in [1.82, 2.24) is 0 Å². The van der Waals surface area contributed by atoms with E-state index in [-0.39, 0.29) is 5.91 Å². The highest BCUT2D eigenvalue weighted by Gasteiger charge is 2.23. The summed E-state index contributed by atoms with van der Waals surface area (Å²) in [5, 5.41) is 2.80. The van der Waals surface area contributed by atoms with Gasteiger partial charge >= 0.3 is 0 Å². The first-order valence-corrected chi connectivity index (χ1v) is 6.49. The van der Waals surface area contributed by atoms with Crippen LogP contribution in [-0.2, 0) is 4.79 Å². The minimum atomic E-state index is -0.612. The molecule has 0 aliphatic rings. The number of anilines is 1. The summed E-state index contributed by atoms with van der Waals surface area (Å²) in [7, 11) is 1.57. The molecule has 1 aromatic carbocycles. The first kappa shape index (κ1) is 14.8. The summed E-state index contributed by atoms with van der Waals surface area (Å²) in [6.45, 7) is 6.04. The largest absolute Gasteiger partial charge is 0.493 e. The Morgan fingerprint density at radius 2 is 2.06 bits per heavy atom. The molecule has 0 aliphatic heterocycles. The highest BCUT2D eigenvalue weighted by molar-refractivity contribution is 9.10. The third-order valence-electron chi connectivity index (χ3n) is 2.26. The Kier molecular flexibility index (Phi) is 5.02. The van der Waals surface area contributed by atoms with Gasteiger partial charge in [-0.15, -0.1) is 0 Å². The predicted octanol–water partition coefficient (Wildman–Crippen LogP) is 3.21. The highest BCUT2D eigenvalue weighted by atomic mass is 79.9. The number of halogens is 1. The van der Waals surface area contributed by atoms with Crippen LogP contribution in [0.4, 0.5) is 5.69 Å². The van der Waals surface area contributed by atoms with Gasteiger partial charge in [0.15, 0.2) is 11.5 Å². The van der Waals surface area contributed by atoms with Crippen molar-refractivity contribution in [3.05, 3.63) is 18.2 Å². The standard InChI is InChI=1S/C13H18BrNO3/c1-5-18-10-7-6-9(8-11(10)17-4)15-12(16)13(2,3)14/h6-8H,5H2,1-4H3,(H,15,16). The van der Waals surface area contributed by atoms with Crippen LogP contribution in [0.5, 0.6) is 11.5 Å². The third-order valence-corrected chi connectivity index (χ3v) is 2.62. The molecule has 0 radical (unpaired) electrons. The maximum Gasteiger partial charge on any atom is 0.240 e. The van der Waals surface area contributed by atoms with E-state index in [9.17, 15) is 4.79 Å². The fourth-order valence-electron chi connectivity index (χ4n) is 1.30. The molecule has 0 unspecified atom stereocenters. The molecule has 0 aromatic heterocycles. The van der Waals surface area contributed by atoms with Gasteiger partial charge in [-0.25, -0.2) is 0 Å². The zero-order chi connectivity index (χ0) is 13.8. The molecule has 0 saturated heterocycles. The second-order valence-corrected chi connectivity index (χ2v) is 6.21. The fraction of sp³-hybridized carbons (Fsp3) is 0.462. The Balaban J connectivity index is 2.89. The van der Waals surface area contributed by atoms with Crippen molar-refractivity contribution in [1.29, 1.82) is 0 Å². The zero-order valence-electron chi connectivity index (χ0n) is 11.0. The number of ether oxygens (including phenoxy) is 2. The molecule has 1 aromatic rings. The van der Waals surface area contributed by atoms with Gasteiger partial charge in [0.25, 0.3) is 0 Å². The van der Waals surface area contributed by atoms with Crippen LogP contribution in [0.3, 0.4) is 0 Å². The van der Waals surface area contributed by atoms with E-state index >= 15 is 0 Å². The van der Waals surface area contributed by atoms with Crippen LogP contribution in [0.25, 0.3) is 0 Å². The maximum atomic E-state index is 11.8. The molecule has 0 aliphatic carbocycles. The predicted molar refractivity (Wildman–Crippen MR) is 75.8 cm³/mol. The number of methoxy groups -OCH3 is 1. The van der Waals surface area contributed by atoms with Crippen molar-refractivity contribution in [3.8, 4) is 11.5 Å². The van der Waals surface area contributed by atoms with Crippen molar-refractivity contribution in [2.24, 2.45) is 0 Å². The van der Waals surface area contributed by atoms with Crippen LogP contribution in [0, 0.1) is 0 Å². The minimum Gasteiger partial charge on any atom is -0.493 e. The number of rotatable bonds is 5. The first-order valence-electron chi connectivity index (χ1n) is 5.69. The number of hydrogen-bond acceptors (Lipinski definition) is 3. The van der Waals surface area contributed by atoms with Gasteiger partial charge in [0.1, 0.15) is 0 Å². The molecule has 0 heterocycles. The monoisotopic (exact) mass is 315 g/mol. The summed E-state index contributed by atoms with van der Waals surface area (Å²) in [5.41, 5.74) is 0.674. The number of amides is 1. The molecule has 0 atom stereocenters. The summed E-state index contributed by atoms with van der Waals surface area (Å²) in [4.78, 5) is 11.8. The van der Waals surface area contributed by atoms with Crippen LogP contribution in [0.2, 0.25) is 0 Å². The lowest BCUT2D eigenvalue weighted by Gasteiger charge is -2.17. The molecule has 18 heavy (non-hydrogen) atoms. The molecule has 4 nitrogen and oxygen atoms in total. The van der Waals surface area contributed by atoms with Gasteiger partial charge in [-0.2, -0.15) is 0 Å². The van der Waals surface area contributed by atoms with Crippen LogP contribution in [0.15, 0.2) is 18.2 Å². The SMILES string of the molecule is CCOc1ccc(NC(=O)C(C)(C)Br)cc1OC. The number of hydrogen-bond donors (Lipinski definition) is 1. The van der Waals surface area contributed by atoms with Crippen molar-refractivity contribution in [2.45, 2.75) is 25.1 Å².